The Kier molecular flexibility index (Phi) is 6.95. The van der Waals surface area contributed by atoms with Gasteiger partial charge in [0, 0.05) is 6.20 Å². The molecule has 7 nitrogen and oxygen atoms in total. The van der Waals surface area contributed by atoms with Crippen LogP contribution in [0.2, 0.25) is 0 Å². The van der Waals surface area contributed by atoms with Crippen LogP contribution in [0.25, 0.3) is 11.0 Å². The normalized spacial score (nSPS) is 14.7. The van der Waals surface area contributed by atoms with Crippen LogP contribution in [-0.2, 0) is 0 Å². The monoisotopic (exact) mass is 498 g/mol. The summed E-state index contributed by atoms with van der Waals surface area (Å²) < 4.78 is 18.0. The summed E-state index contributed by atoms with van der Waals surface area (Å²) in [5.41, 5.74) is 2.12. The van der Waals surface area contributed by atoms with E-state index in [1.54, 1.807) is 36.5 Å². The van der Waals surface area contributed by atoms with E-state index in [2.05, 4.69) is 11.9 Å². The molecule has 1 atom stereocenters. The molecule has 1 aliphatic heterocycles. The number of aryl methyl sites for hydroxylation is 1. The number of anilines is 1. The van der Waals surface area contributed by atoms with Crippen LogP contribution >= 0.6 is 0 Å². The molecule has 37 heavy (non-hydrogen) atoms. The Bertz CT molecular complexity index is 1490. The largest absolute Gasteiger partial charge is 0.490 e. The molecule has 1 amide bonds. The van der Waals surface area contributed by atoms with Crippen molar-refractivity contribution in [1.29, 1.82) is 0 Å². The molecule has 5 rings (SSSR count). The lowest BCUT2D eigenvalue weighted by Gasteiger charge is -2.25. The molecular formula is C30H30N2O5. The number of ether oxygens (including phenoxy) is 2. The smallest absolute Gasteiger partial charge is 0.296 e. The molecule has 0 aliphatic carbocycles. The molecule has 7 heteroatoms. The molecule has 0 spiro atoms. The molecule has 0 bridgehead atoms. The number of carbonyl (C=O) groups excluding carboxylic acids is 1. The van der Waals surface area contributed by atoms with Crippen LogP contribution in [0.15, 0.2) is 70.0 Å². The number of nitrogens with zero attached hydrogens (tertiary/aromatic N) is 2. The van der Waals surface area contributed by atoms with E-state index in [9.17, 15) is 9.59 Å². The van der Waals surface area contributed by atoms with Gasteiger partial charge in [-0.15, -0.1) is 0 Å². The highest BCUT2D eigenvalue weighted by Crippen LogP contribution is 2.42. The Morgan fingerprint density at radius 1 is 0.973 bits per heavy atom. The predicted octanol–water partition coefficient (Wildman–Crippen LogP) is 6.21. The van der Waals surface area contributed by atoms with Crippen molar-refractivity contribution in [2.75, 3.05) is 18.1 Å². The minimum absolute atomic E-state index is 0.0360. The van der Waals surface area contributed by atoms with Gasteiger partial charge < -0.3 is 13.9 Å². The molecule has 2 aromatic heterocycles. The highest BCUT2D eigenvalue weighted by atomic mass is 16.5. The molecule has 0 N–H and O–H groups in total. The molecule has 0 radical (unpaired) electrons. The minimum Gasteiger partial charge on any atom is -0.490 e. The fourth-order valence-electron chi connectivity index (χ4n) is 4.69. The van der Waals surface area contributed by atoms with Crippen LogP contribution in [0.3, 0.4) is 0 Å². The summed E-state index contributed by atoms with van der Waals surface area (Å²) in [4.78, 5) is 33.5. The number of fused-ring (bicyclic) bond motifs is 2. The average Bonchev–Trinajstić information content (AvgIpc) is 3.20. The lowest BCUT2D eigenvalue weighted by atomic mass is 9.98. The van der Waals surface area contributed by atoms with E-state index in [0.717, 1.165) is 24.8 Å². The van der Waals surface area contributed by atoms with Gasteiger partial charge in [-0.1, -0.05) is 44.0 Å². The van der Waals surface area contributed by atoms with Crippen LogP contribution in [0.4, 0.5) is 5.82 Å². The van der Waals surface area contributed by atoms with Gasteiger partial charge in [-0.05, 0) is 61.7 Å². The first kappa shape index (κ1) is 24.6. The number of hydrogen-bond acceptors (Lipinski definition) is 6. The summed E-state index contributed by atoms with van der Waals surface area (Å²) in [6.45, 7) is 7.03. The molecule has 190 valence electrons. The third-order valence-corrected chi connectivity index (χ3v) is 6.51. The molecule has 3 heterocycles. The Morgan fingerprint density at radius 3 is 2.57 bits per heavy atom. The summed E-state index contributed by atoms with van der Waals surface area (Å²) in [5, 5.41) is 0.429. The number of aromatic nitrogens is 1. The third kappa shape index (κ3) is 4.57. The molecule has 4 aromatic rings. The van der Waals surface area contributed by atoms with E-state index in [0.29, 0.717) is 52.6 Å². The maximum absolute atomic E-state index is 13.7. The van der Waals surface area contributed by atoms with Crippen LogP contribution in [0.5, 0.6) is 11.5 Å². The highest BCUT2D eigenvalue weighted by molar-refractivity contribution is 6.10. The molecule has 0 saturated heterocycles. The second kappa shape index (κ2) is 10.5. The third-order valence-electron chi connectivity index (χ3n) is 6.51. The zero-order valence-electron chi connectivity index (χ0n) is 21.3. The Balaban J connectivity index is 1.66. The quantitative estimate of drug-likeness (QED) is 0.255. The lowest BCUT2D eigenvalue weighted by Crippen LogP contribution is -2.30. The highest BCUT2D eigenvalue weighted by Gasteiger charge is 2.44. The minimum atomic E-state index is -0.730. The van der Waals surface area contributed by atoms with E-state index in [1.165, 1.54) is 4.90 Å². The number of amides is 1. The van der Waals surface area contributed by atoms with Gasteiger partial charge in [0.25, 0.3) is 5.91 Å². The van der Waals surface area contributed by atoms with E-state index in [-0.39, 0.29) is 11.2 Å². The second-order valence-corrected chi connectivity index (χ2v) is 9.14. The summed E-state index contributed by atoms with van der Waals surface area (Å²) in [5.74, 6) is 1.27. The zero-order chi connectivity index (χ0) is 25.9. The van der Waals surface area contributed by atoms with Crippen molar-refractivity contribution in [3.63, 3.8) is 0 Å². The number of para-hydroxylation sites is 1. The summed E-state index contributed by atoms with van der Waals surface area (Å²) >= 11 is 0. The first-order valence-electron chi connectivity index (χ1n) is 12.7. The van der Waals surface area contributed by atoms with E-state index in [4.69, 9.17) is 13.9 Å². The fourth-order valence-corrected chi connectivity index (χ4v) is 4.69. The van der Waals surface area contributed by atoms with Gasteiger partial charge in [0.05, 0.1) is 30.2 Å². The van der Waals surface area contributed by atoms with Crippen molar-refractivity contribution in [2.24, 2.45) is 0 Å². The summed E-state index contributed by atoms with van der Waals surface area (Å²) in [6.07, 6.45) is 4.85. The van der Waals surface area contributed by atoms with Gasteiger partial charge in [-0.3, -0.25) is 14.5 Å². The SMILES string of the molecule is CCCCCOc1ccc(C2c3c(oc4ccccc4c3=O)C(=O)N2c2ccc(C)cn2)cc1OCC. The van der Waals surface area contributed by atoms with Gasteiger partial charge in [-0.25, -0.2) is 4.98 Å². The van der Waals surface area contributed by atoms with Gasteiger partial charge in [0.15, 0.2) is 16.9 Å². The van der Waals surface area contributed by atoms with Crippen LogP contribution in [0.1, 0.15) is 66.4 Å². The number of unbranched alkanes of at least 4 members (excludes halogenated alkanes) is 2. The number of rotatable bonds is 9. The van der Waals surface area contributed by atoms with Crippen molar-refractivity contribution in [1.82, 2.24) is 4.98 Å². The number of carbonyl (C=O) groups is 1. The average molecular weight is 499 g/mol. The van der Waals surface area contributed by atoms with E-state index < -0.39 is 11.9 Å². The van der Waals surface area contributed by atoms with Crippen LogP contribution in [-0.4, -0.2) is 24.1 Å². The molecule has 0 saturated carbocycles. The maximum Gasteiger partial charge on any atom is 0.296 e. The summed E-state index contributed by atoms with van der Waals surface area (Å²) in [6, 6.07) is 15.5. The molecule has 0 fully saturated rings. The first-order chi connectivity index (χ1) is 18.0. The standard InChI is InChI=1S/C30H30N2O5/c1-4-6-9-16-36-23-14-13-20(17-24(23)35-5-2)27-26-28(33)21-10-7-8-11-22(21)37-29(26)30(34)32(27)25-15-12-19(3)18-31-25/h7-8,10-15,17-18,27H,4-6,9,16H2,1-3H3. The van der Waals surface area contributed by atoms with Crippen LogP contribution < -0.4 is 19.8 Å². The first-order valence-corrected chi connectivity index (χ1v) is 12.7. The second-order valence-electron chi connectivity index (χ2n) is 9.14. The van der Waals surface area contributed by atoms with E-state index in [1.807, 2.05) is 38.1 Å². The Labute approximate surface area is 215 Å². The zero-order valence-corrected chi connectivity index (χ0v) is 21.3. The number of pyridine rings is 1. The van der Waals surface area contributed by atoms with Crippen LogP contribution in [0, 0.1) is 6.92 Å². The summed E-state index contributed by atoms with van der Waals surface area (Å²) in [7, 11) is 0. The van der Waals surface area contributed by atoms with Crippen molar-refractivity contribution >= 4 is 22.7 Å². The van der Waals surface area contributed by atoms with Crippen molar-refractivity contribution in [3.8, 4) is 11.5 Å². The number of hydrogen-bond donors (Lipinski definition) is 0. The molecule has 1 unspecified atom stereocenters. The van der Waals surface area contributed by atoms with Crippen molar-refractivity contribution < 1.29 is 18.7 Å². The van der Waals surface area contributed by atoms with Gasteiger partial charge in [0.2, 0.25) is 5.76 Å². The van der Waals surface area contributed by atoms with Gasteiger partial charge in [-0.2, -0.15) is 0 Å². The predicted molar refractivity (Wildman–Crippen MR) is 143 cm³/mol. The Morgan fingerprint density at radius 2 is 1.81 bits per heavy atom. The maximum atomic E-state index is 13.7. The molecular weight excluding hydrogens is 468 g/mol. The van der Waals surface area contributed by atoms with Gasteiger partial charge >= 0.3 is 0 Å². The molecule has 2 aromatic carbocycles. The molecule has 1 aliphatic rings. The van der Waals surface area contributed by atoms with Gasteiger partial charge in [0.1, 0.15) is 11.4 Å². The lowest BCUT2D eigenvalue weighted by molar-refractivity contribution is 0.0970. The number of benzene rings is 2. The Hall–Kier alpha value is -4.13. The van der Waals surface area contributed by atoms with Crippen molar-refractivity contribution in [3.05, 3.63) is 93.5 Å². The van der Waals surface area contributed by atoms with E-state index >= 15 is 0 Å². The fraction of sp³-hybridized carbons (Fsp3) is 0.300. The topological polar surface area (TPSA) is 81.9 Å². The van der Waals surface area contributed by atoms with Crippen molar-refractivity contribution in [2.45, 2.75) is 46.1 Å².